The standard InChI is InChI=1S/C10H12F2N2.2ClH/c11-10(12)9-6-14-5-8(9)7-2-1-3-13-4-7;;/h1-4,8-10,14H,5-6H2;2*1H. The quantitative estimate of drug-likeness (QED) is 0.894. The molecule has 2 atom stereocenters. The number of hydrogen-bond donors (Lipinski definition) is 1. The van der Waals surface area contributed by atoms with Gasteiger partial charge in [-0.15, -0.1) is 24.8 Å². The number of nitrogens with zero attached hydrogens (tertiary/aromatic N) is 1. The van der Waals surface area contributed by atoms with E-state index >= 15 is 0 Å². The highest BCUT2D eigenvalue weighted by Gasteiger charge is 2.34. The lowest BCUT2D eigenvalue weighted by Gasteiger charge is -2.17. The molecule has 2 rings (SSSR count). The van der Waals surface area contributed by atoms with Crippen molar-refractivity contribution in [2.45, 2.75) is 12.3 Å². The van der Waals surface area contributed by atoms with Gasteiger partial charge in [-0.05, 0) is 11.6 Å². The first kappa shape index (κ1) is 15.6. The van der Waals surface area contributed by atoms with Crippen molar-refractivity contribution in [2.24, 2.45) is 5.92 Å². The Bertz CT molecular complexity index is 298. The van der Waals surface area contributed by atoms with Gasteiger partial charge in [-0.1, -0.05) is 6.07 Å². The van der Waals surface area contributed by atoms with Gasteiger partial charge in [0.05, 0.1) is 0 Å². The summed E-state index contributed by atoms with van der Waals surface area (Å²) in [6.45, 7) is 1.03. The molecule has 0 radical (unpaired) electrons. The van der Waals surface area contributed by atoms with Gasteiger partial charge in [0, 0.05) is 37.3 Å². The molecule has 1 aliphatic heterocycles. The molecule has 1 aliphatic rings. The predicted molar refractivity (Wildman–Crippen MR) is 63.8 cm³/mol. The van der Waals surface area contributed by atoms with Crippen LogP contribution >= 0.6 is 24.8 Å². The first-order valence-corrected chi connectivity index (χ1v) is 4.68. The second-order valence-corrected chi connectivity index (χ2v) is 3.55. The largest absolute Gasteiger partial charge is 0.316 e. The lowest BCUT2D eigenvalue weighted by molar-refractivity contribution is 0.0787. The number of pyridine rings is 1. The maximum Gasteiger partial charge on any atom is 0.243 e. The van der Waals surface area contributed by atoms with Crippen molar-refractivity contribution in [2.75, 3.05) is 13.1 Å². The van der Waals surface area contributed by atoms with Crippen LogP contribution in [0.4, 0.5) is 8.78 Å². The molecule has 2 heterocycles. The molecular weight excluding hydrogens is 257 g/mol. The summed E-state index contributed by atoms with van der Waals surface area (Å²) in [5, 5.41) is 2.99. The van der Waals surface area contributed by atoms with Crippen molar-refractivity contribution in [1.29, 1.82) is 0 Å². The van der Waals surface area contributed by atoms with Gasteiger partial charge in [0.15, 0.2) is 0 Å². The molecule has 0 aliphatic carbocycles. The Labute approximate surface area is 106 Å². The van der Waals surface area contributed by atoms with Crippen LogP contribution in [0.2, 0.25) is 0 Å². The van der Waals surface area contributed by atoms with Crippen LogP contribution in [0.5, 0.6) is 0 Å². The molecule has 0 amide bonds. The third-order valence-electron chi connectivity index (χ3n) is 2.70. The number of aromatic nitrogens is 1. The van der Waals surface area contributed by atoms with Crippen LogP contribution in [0.1, 0.15) is 11.5 Å². The Kier molecular flexibility index (Phi) is 6.79. The highest BCUT2D eigenvalue weighted by Crippen LogP contribution is 2.31. The van der Waals surface area contributed by atoms with Gasteiger partial charge in [-0.2, -0.15) is 0 Å². The Morgan fingerprint density at radius 3 is 2.62 bits per heavy atom. The number of hydrogen-bond acceptors (Lipinski definition) is 2. The van der Waals surface area contributed by atoms with Crippen LogP contribution in [0, 0.1) is 5.92 Å². The minimum absolute atomic E-state index is 0. The SMILES string of the molecule is Cl.Cl.FC(F)C1CNCC1c1cccnc1. The lowest BCUT2D eigenvalue weighted by Crippen LogP contribution is -2.19. The Morgan fingerprint density at radius 2 is 2.06 bits per heavy atom. The fourth-order valence-electron chi connectivity index (χ4n) is 1.92. The van der Waals surface area contributed by atoms with Crippen molar-refractivity contribution in [1.82, 2.24) is 10.3 Å². The number of rotatable bonds is 2. The molecule has 1 fully saturated rings. The molecule has 6 heteroatoms. The lowest BCUT2D eigenvalue weighted by atomic mass is 9.90. The fourth-order valence-corrected chi connectivity index (χ4v) is 1.92. The third kappa shape index (κ3) is 3.27. The summed E-state index contributed by atoms with van der Waals surface area (Å²) >= 11 is 0. The molecule has 16 heavy (non-hydrogen) atoms. The first-order valence-electron chi connectivity index (χ1n) is 4.68. The summed E-state index contributed by atoms with van der Waals surface area (Å²) in [5.41, 5.74) is 0.905. The summed E-state index contributed by atoms with van der Waals surface area (Å²) < 4.78 is 25.2. The molecule has 2 unspecified atom stereocenters. The normalized spacial score (nSPS) is 23.7. The summed E-state index contributed by atoms with van der Waals surface area (Å²) in [5.74, 6) is -0.664. The van der Waals surface area contributed by atoms with Gasteiger partial charge in [0.25, 0.3) is 0 Å². The topological polar surface area (TPSA) is 24.9 Å². The van der Waals surface area contributed by atoms with E-state index in [0.29, 0.717) is 13.1 Å². The summed E-state index contributed by atoms with van der Waals surface area (Å²) in [6.07, 6.45) is 1.08. The molecule has 1 aromatic rings. The van der Waals surface area contributed by atoms with Crippen molar-refractivity contribution in [3.8, 4) is 0 Å². The molecule has 0 bridgehead atoms. The van der Waals surface area contributed by atoms with E-state index in [1.54, 1.807) is 18.5 Å². The van der Waals surface area contributed by atoms with Crippen molar-refractivity contribution >= 4 is 24.8 Å². The van der Waals surface area contributed by atoms with E-state index in [0.717, 1.165) is 5.56 Å². The fraction of sp³-hybridized carbons (Fsp3) is 0.500. The van der Waals surface area contributed by atoms with Gasteiger partial charge in [0.1, 0.15) is 0 Å². The van der Waals surface area contributed by atoms with Crippen molar-refractivity contribution < 1.29 is 8.78 Å². The molecule has 0 aromatic carbocycles. The van der Waals surface area contributed by atoms with Gasteiger partial charge in [-0.25, -0.2) is 8.78 Å². The Balaban J connectivity index is 0.00000112. The van der Waals surface area contributed by atoms with Crippen LogP contribution in [0.15, 0.2) is 24.5 Å². The van der Waals surface area contributed by atoms with Gasteiger partial charge in [-0.3, -0.25) is 4.98 Å². The van der Waals surface area contributed by atoms with Gasteiger partial charge >= 0.3 is 0 Å². The van der Waals surface area contributed by atoms with E-state index in [4.69, 9.17) is 0 Å². The van der Waals surface area contributed by atoms with Crippen LogP contribution in [0.25, 0.3) is 0 Å². The molecule has 2 nitrogen and oxygen atoms in total. The summed E-state index contributed by atoms with van der Waals surface area (Å²) in [6, 6.07) is 3.65. The Hall–Kier alpha value is -0.450. The maximum atomic E-state index is 12.6. The molecule has 1 saturated heterocycles. The number of alkyl halides is 2. The second-order valence-electron chi connectivity index (χ2n) is 3.55. The minimum atomic E-state index is -2.25. The highest BCUT2D eigenvalue weighted by atomic mass is 35.5. The van der Waals surface area contributed by atoms with Crippen LogP contribution in [-0.2, 0) is 0 Å². The smallest absolute Gasteiger partial charge is 0.243 e. The third-order valence-corrected chi connectivity index (χ3v) is 2.70. The molecule has 92 valence electrons. The molecule has 0 saturated carbocycles. The van der Waals surface area contributed by atoms with Crippen molar-refractivity contribution in [3.05, 3.63) is 30.1 Å². The minimum Gasteiger partial charge on any atom is -0.316 e. The van der Waals surface area contributed by atoms with E-state index in [2.05, 4.69) is 10.3 Å². The molecule has 1 aromatic heterocycles. The zero-order valence-electron chi connectivity index (χ0n) is 8.48. The summed E-state index contributed by atoms with van der Waals surface area (Å²) in [7, 11) is 0. The van der Waals surface area contributed by atoms with Crippen LogP contribution in [0.3, 0.4) is 0 Å². The van der Waals surface area contributed by atoms with E-state index in [1.165, 1.54) is 0 Å². The Morgan fingerprint density at radius 1 is 1.31 bits per heavy atom. The number of nitrogens with one attached hydrogen (secondary N) is 1. The zero-order valence-corrected chi connectivity index (χ0v) is 10.1. The molecular formula is C10H14Cl2F2N2. The van der Waals surface area contributed by atoms with Crippen LogP contribution in [-0.4, -0.2) is 24.5 Å². The zero-order chi connectivity index (χ0) is 9.97. The second kappa shape index (κ2) is 6.99. The van der Waals surface area contributed by atoms with Gasteiger partial charge < -0.3 is 5.32 Å². The van der Waals surface area contributed by atoms with E-state index in [1.807, 2.05) is 6.07 Å². The average molecular weight is 271 g/mol. The van der Waals surface area contributed by atoms with Crippen molar-refractivity contribution in [3.63, 3.8) is 0 Å². The van der Waals surface area contributed by atoms with E-state index in [9.17, 15) is 8.78 Å². The highest BCUT2D eigenvalue weighted by molar-refractivity contribution is 5.85. The average Bonchev–Trinajstić information content (AvgIpc) is 2.67. The van der Waals surface area contributed by atoms with Crippen LogP contribution < -0.4 is 5.32 Å². The maximum absolute atomic E-state index is 12.6. The number of halogens is 4. The predicted octanol–water partition coefficient (Wildman–Crippen LogP) is 2.49. The van der Waals surface area contributed by atoms with E-state index in [-0.39, 0.29) is 30.7 Å². The molecule has 0 spiro atoms. The van der Waals surface area contributed by atoms with Gasteiger partial charge in [0.2, 0.25) is 6.43 Å². The monoisotopic (exact) mass is 270 g/mol. The summed E-state index contributed by atoms with van der Waals surface area (Å²) in [4.78, 5) is 3.95. The van der Waals surface area contributed by atoms with E-state index < -0.39 is 12.3 Å². The molecule has 1 N–H and O–H groups in total. The first-order chi connectivity index (χ1) is 6.79.